The standard InChI is InChI=1S/C14H4Cl2N2O6.C14H12S/c15-5-1-3-7(17(21)22)11-9(5)13(19)12-8(18(23)24)4-2-6(16)10(12)14(11)20;1-9-5-3-7-11-12-8-4-6-10(2)14(12)15-13(9)11/h1-4H;3-8H,1-2H3. The highest BCUT2D eigenvalue weighted by Crippen LogP contribution is 2.42. The number of nitrogens with zero attached hydrogens (tertiary/aromatic N) is 2. The van der Waals surface area contributed by atoms with Crippen molar-refractivity contribution in [1.82, 2.24) is 0 Å². The lowest BCUT2D eigenvalue weighted by Crippen LogP contribution is -2.24. The fourth-order valence-corrected chi connectivity index (χ4v) is 6.42. The summed E-state index contributed by atoms with van der Waals surface area (Å²) < 4.78 is 2.86. The molecular weight excluding hydrogens is 563 g/mol. The second kappa shape index (κ2) is 9.85. The van der Waals surface area contributed by atoms with Crippen LogP contribution in [-0.4, -0.2) is 21.4 Å². The number of thiophene rings is 1. The van der Waals surface area contributed by atoms with Gasteiger partial charge in [0.2, 0.25) is 11.6 Å². The van der Waals surface area contributed by atoms with Crippen LogP contribution in [0.5, 0.6) is 0 Å². The molecule has 1 heterocycles. The number of halogens is 2. The number of hydrogen-bond donors (Lipinski definition) is 0. The Bertz CT molecular complexity index is 1780. The molecular formula is C28H16Cl2N2O6S. The summed E-state index contributed by atoms with van der Waals surface area (Å²) in [4.78, 5) is 46.1. The van der Waals surface area contributed by atoms with Gasteiger partial charge in [0.05, 0.1) is 31.0 Å². The first-order valence-electron chi connectivity index (χ1n) is 11.4. The number of hydrogen-bond acceptors (Lipinski definition) is 7. The zero-order valence-corrected chi connectivity index (χ0v) is 22.6. The van der Waals surface area contributed by atoms with Crippen molar-refractivity contribution in [2.24, 2.45) is 0 Å². The van der Waals surface area contributed by atoms with Gasteiger partial charge < -0.3 is 0 Å². The Morgan fingerprint density at radius 2 is 1.00 bits per heavy atom. The highest BCUT2D eigenvalue weighted by Gasteiger charge is 2.42. The molecule has 5 aromatic rings. The van der Waals surface area contributed by atoms with Crippen LogP contribution >= 0.6 is 34.5 Å². The number of nitro benzene ring substituents is 2. The molecule has 0 saturated carbocycles. The normalized spacial score (nSPS) is 12.1. The molecule has 1 aliphatic carbocycles. The summed E-state index contributed by atoms with van der Waals surface area (Å²) in [6, 6.07) is 17.3. The molecule has 0 unspecified atom stereocenters. The second-order valence-electron chi connectivity index (χ2n) is 8.81. The Balaban J connectivity index is 0.000000175. The average molecular weight is 579 g/mol. The third kappa shape index (κ3) is 4.24. The summed E-state index contributed by atoms with van der Waals surface area (Å²) in [6.07, 6.45) is 0. The summed E-state index contributed by atoms with van der Waals surface area (Å²) in [5, 5.41) is 24.7. The van der Waals surface area contributed by atoms with Gasteiger partial charge in [-0.05, 0) is 37.1 Å². The highest BCUT2D eigenvalue weighted by atomic mass is 35.5. The van der Waals surface area contributed by atoms with Gasteiger partial charge in [-0.25, -0.2) is 0 Å². The maximum atomic E-state index is 12.7. The molecule has 0 saturated heterocycles. The molecule has 11 heteroatoms. The SMILES string of the molecule is Cc1cccc2c1sc1c(C)cccc12.O=C1c2c(Cl)ccc([N+](=O)[O-])c2C(=O)c2c(Cl)ccc([N+](=O)[O-])c21. The molecule has 8 nitrogen and oxygen atoms in total. The van der Waals surface area contributed by atoms with Gasteiger partial charge in [0.1, 0.15) is 11.1 Å². The molecule has 0 aliphatic heterocycles. The minimum absolute atomic E-state index is 0.214. The predicted octanol–water partition coefficient (Wildman–Crippen LogP) is 8.26. The Labute approximate surface area is 234 Å². The van der Waals surface area contributed by atoms with Crippen molar-refractivity contribution in [3.05, 3.63) is 124 Å². The van der Waals surface area contributed by atoms with Crippen molar-refractivity contribution in [2.75, 3.05) is 0 Å². The molecule has 1 aliphatic rings. The van der Waals surface area contributed by atoms with Crippen LogP contribution in [0.15, 0.2) is 60.7 Å². The molecule has 0 N–H and O–H groups in total. The van der Waals surface area contributed by atoms with E-state index < -0.39 is 55.0 Å². The predicted molar refractivity (Wildman–Crippen MR) is 152 cm³/mol. The molecule has 194 valence electrons. The van der Waals surface area contributed by atoms with E-state index in [0.29, 0.717) is 0 Å². The number of ketones is 2. The van der Waals surface area contributed by atoms with Crippen LogP contribution in [0.4, 0.5) is 11.4 Å². The van der Waals surface area contributed by atoms with E-state index in [1.807, 2.05) is 11.3 Å². The van der Waals surface area contributed by atoms with E-state index in [1.54, 1.807) is 0 Å². The zero-order chi connectivity index (χ0) is 28.2. The van der Waals surface area contributed by atoms with Crippen molar-refractivity contribution in [3.63, 3.8) is 0 Å². The van der Waals surface area contributed by atoms with Gasteiger partial charge in [-0.1, -0.05) is 59.6 Å². The number of fused-ring (bicyclic) bond motifs is 5. The highest BCUT2D eigenvalue weighted by molar-refractivity contribution is 7.26. The second-order valence-corrected chi connectivity index (χ2v) is 10.6. The summed E-state index contributed by atoms with van der Waals surface area (Å²) >= 11 is 13.8. The van der Waals surface area contributed by atoms with Crippen molar-refractivity contribution in [1.29, 1.82) is 0 Å². The quantitative estimate of drug-likeness (QED) is 0.150. The minimum atomic E-state index is -0.956. The van der Waals surface area contributed by atoms with Crippen LogP contribution in [0.25, 0.3) is 20.2 Å². The summed E-state index contributed by atoms with van der Waals surface area (Å²) in [6.45, 7) is 4.38. The largest absolute Gasteiger partial charge is 0.288 e. The lowest BCUT2D eigenvalue weighted by molar-refractivity contribution is -0.385. The van der Waals surface area contributed by atoms with Crippen LogP contribution < -0.4 is 0 Å². The smallest absolute Gasteiger partial charge is 0.281 e. The Morgan fingerprint density at radius 3 is 1.36 bits per heavy atom. The van der Waals surface area contributed by atoms with Gasteiger partial charge in [-0.2, -0.15) is 0 Å². The fraction of sp³-hybridized carbons (Fsp3) is 0.0714. The van der Waals surface area contributed by atoms with Gasteiger partial charge in [0.15, 0.2) is 0 Å². The average Bonchev–Trinajstić information content (AvgIpc) is 3.28. The van der Waals surface area contributed by atoms with Crippen molar-refractivity contribution >= 4 is 77.7 Å². The molecule has 6 rings (SSSR count). The zero-order valence-electron chi connectivity index (χ0n) is 20.3. The number of benzene rings is 4. The molecule has 0 fully saturated rings. The summed E-state index contributed by atoms with van der Waals surface area (Å²) in [5.41, 5.74) is -0.398. The van der Waals surface area contributed by atoms with Crippen LogP contribution in [0.2, 0.25) is 10.0 Å². The molecule has 0 atom stereocenters. The lowest BCUT2D eigenvalue weighted by atomic mass is 9.82. The van der Waals surface area contributed by atoms with E-state index in [2.05, 4.69) is 50.2 Å². The number of carbonyl (C=O) groups excluding carboxylic acids is 2. The summed E-state index contributed by atoms with van der Waals surface area (Å²) in [7, 11) is 0. The van der Waals surface area contributed by atoms with Gasteiger partial charge >= 0.3 is 0 Å². The van der Waals surface area contributed by atoms with E-state index in [1.165, 1.54) is 31.3 Å². The van der Waals surface area contributed by atoms with Crippen LogP contribution in [-0.2, 0) is 0 Å². The lowest BCUT2D eigenvalue weighted by Gasteiger charge is -2.19. The van der Waals surface area contributed by atoms with Gasteiger partial charge in [0.25, 0.3) is 11.4 Å². The monoisotopic (exact) mass is 578 g/mol. The van der Waals surface area contributed by atoms with Crippen LogP contribution in [0.1, 0.15) is 43.0 Å². The summed E-state index contributed by atoms with van der Waals surface area (Å²) in [5.74, 6) is -1.91. The Kier molecular flexibility index (Phi) is 6.67. The van der Waals surface area contributed by atoms with Crippen molar-refractivity contribution in [3.8, 4) is 0 Å². The number of carbonyl (C=O) groups is 2. The number of rotatable bonds is 2. The van der Waals surface area contributed by atoms with E-state index in [9.17, 15) is 29.8 Å². The first kappa shape index (κ1) is 26.4. The molecule has 1 aromatic heterocycles. The van der Waals surface area contributed by atoms with E-state index in [-0.39, 0.29) is 10.0 Å². The van der Waals surface area contributed by atoms with Gasteiger partial charge in [-0.3, -0.25) is 29.8 Å². The van der Waals surface area contributed by atoms with E-state index in [0.717, 1.165) is 24.3 Å². The Morgan fingerprint density at radius 1 is 0.615 bits per heavy atom. The number of aryl methyl sites for hydroxylation is 2. The minimum Gasteiger partial charge on any atom is -0.288 e. The van der Waals surface area contributed by atoms with Crippen LogP contribution in [0, 0.1) is 34.1 Å². The molecule has 0 spiro atoms. The first-order valence-corrected chi connectivity index (χ1v) is 13.0. The fourth-order valence-electron chi connectivity index (χ4n) is 4.69. The third-order valence-electron chi connectivity index (χ3n) is 6.48. The van der Waals surface area contributed by atoms with E-state index in [4.69, 9.17) is 23.2 Å². The van der Waals surface area contributed by atoms with Crippen molar-refractivity contribution in [2.45, 2.75) is 13.8 Å². The molecule has 39 heavy (non-hydrogen) atoms. The molecule has 0 radical (unpaired) electrons. The molecule has 0 bridgehead atoms. The Hall–Kier alpha value is -4.18. The molecule has 4 aromatic carbocycles. The van der Waals surface area contributed by atoms with Crippen molar-refractivity contribution < 1.29 is 19.4 Å². The van der Waals surface area contributed by atoms with Gasteiger partial charge in [0, 0.05) is 32.3 Å². The first-order chi connectivity index (χ1) is 18.5. The third-order valence-corrected chi connectivity index (χ3v) is 8.61. The maximum Gasteiger partial charge on any atom is 0.281 e. The number of nitro groups is 2. The maximum absolute atomic E-state index is 12.7. The van der Waals surface area contributed by atoms with E-state index >= 15 is 0 Å². The van der Waals surface area contributed by atoms with Crippen LogP contribution in [0.3, 0.4) is 0 Å². The topological polar surface area (TPSA) is 120 Å². The molecule has 0 amide bonds. The van der Waals surface area contributed by atoms with Gasteiger partial charge in [-0.15, -0.1) is 11.3 Å².